The van der Waals surface area contributed by atoms with Crippen molar-refractivity contribution in [2.75, 3.05) is 5.32 Å². The zero-order valence-corrected chi connectivity index (χ0v) is 22.5. The Morgan fingerprint density at radius 3 is 2.74 bits per heavy atom. The van der Waals surface area contributed by atoms with E-state index in [1.165, 1.54) is 28.3 Å². The Kier molecular flexibility index (Phi) is 7.09. The smallest absolute Gasteiger partial charge is 0.267 e. The number of fused-ring (bicyclic) bond motifs is 2. The predicted octanol–water partition coefficient (Wildman–Crippen LogP) is 4.63. The molecule has 4 heterocycles. The molecule has 9 nitrogen and oxygen atoms in total. The van der Waals surface area contributed by atoms with Crippen molar-refractivity contribution in [3.05, 3.63) is 87.0 Å². The van der Waals surface area contributed by atoms with Crippen molar-refractivity contribution in [1.82, 2.24) is 24.1 Å². The number of carbonyl (C=O) groups excluding carboxylic acids is 1. The fourth-order valence-electron chi connectivity index (χ4n) is 4.05. The van der Waals surface area contributed by atoms with Gasteiger partial charge in [0.15, 0.2) is 4.34 Å². The largest absolute Gasteiger partial charge is 0.310 e. The molecular formula is C26H24FN7O2S2. The van der Waals surface area contributed by atoms with E-state index >= 15 is 0 Å². The van der Waals surface area contributed by atoms with Crippen LogP contribution >= 0.6 is 23.1 Å². The number of nitrogens with one attached hydrogen (secondary N) is 2. The Morgan fingerprint density at radius 1 is 1.18 bits per heavy atom. The van der Waals surface area contributed by atoms with Crippen molar-refractivity contribution in [1.29, 1.82) is 5.41 Å². The van der Waals surface area contributed by atoms with E-state index < -0.39 is 5.91 Å². The molecule has 0 aliphatic heterocycles. The van der Waals surface area contributed by atoms with E-state index in [9.17, 15) is 14.0 Å². The van der Waals surface area contributed by atoms with Gasteiger partial charge in [0.2, 0.25) is 5.13 Å². The molecule has 0 bridgehead atoms. The van der Waals surface area contributed by atoms with Crippen LogP contribution in [-0.2, 0) is 12.3 Å². The Morgan fingerprint density at radius 2 is 1.97 bits per heavy atom. The van der Waals surface area contributed by atoms with Crippen LogP contribution in [0.15, 0.2) is 57.8 Å². The van der Waals surface area contributed by atoms with Crippen molar-refractivity contribution >= 4 is 50.8 Å². The fraction of sp³-hybridized carbons (Fsp3) is 0.231. The van der Waals surface area contributed by atoms with Crippen LogP contribution in [0.3, 0.4) is 0 Å². The first-order chi connectivity index (χ1) is 18.2. The summed E-state index contributed by atoms with van der Waals surface area (Å²) in [5.74, 6) is -0.360. The van der Waals surface area contributed by atoms with Crippen molar-refractivity contribution in [2.24, 2.45) is 5.92 Å². The second-order valence-electron chi connectivity index (χ2n) is 9.16. The van der Waals surface area contributed by atoms with Gasteiger partial charge in [0.25, 0.3) is 11.5 Å². The lowest BCUT2D eigenvalue weighted by Crippen LogP contribution is -2.33. The minimum absolute atomic E-state index is 0.0282. The van der Waals surface area contributed by atoms with Crippen LogP contribution < -0.4 is 16.4 Å². The zero-order valence-electron chi connectivity index (χ0n) is 20.9. The van der Waals surface area contributed by atoms with Gasteiger partial charge in [-0.1, -0.05) is 61.2 Å². The lowest BCUT2D eigenvalue weighted by molar-refractivity contribution is 0.102. The van der Waals surface area contributed by atoms with Gasteiger partial charge in [0.05, 0.1) is 10.9 Å². The van der Waals surface area contributed by atoms with E-state index in [2.05, 4.69) is 15.5 Å². The molecule has 0 atom stereocenters. The molecule has 4 aromatic heterocycles. The number of amides is 1. The molecule has 0 spiro atoms. The van der Waals surface area contributed by atoms with Crippen LogP contribution in [0.2, 0.25) is 0 Å². The molecule has 0 radical (unpaired) electrons. The summed E-state index contributed by atoms with van der Waals surface area (Å²) < 4.78 is 17.5. The third-order valence-corrected chi connectivity index (χ3v) is 7.88. The third kappa shape index (κ3) is 4.96. The second-order valence-corrected chi connectivity index (χ2v) is 11.4. The van der Waals surface area contributed by atoms with Crippen LogP contribution in [0.25, 0.3) is 16.7 Å². The number of benzene rings is 1. The zero-order chi connectivity index (χ0) is 27.0. The van der Waals surface area contributed by atoms with Crippen molar-refractivity contribution in [2.45, 2.75) is 37.4 Å². The number of halogens is 1. The number of pyridine rings is 2. The van der Waals surface area contributed by atoms with Gasteiger partial charge in [0, 0.05) is 18.5 Å². The highest BCUT2D eigenvalue weighted by Crippen LogP contribution is 2.29. The molecule has 12 heteroatoms. The van der Waals surface area contributed by atoms with E-state index in [0.717, 1.165) is 16.9 Å². The maximum atomic E-state index is 13.9. The average Bonchev–Trinajstić information content (AvgIpc) is 3.33. The van der Waals surface area contributed by atoms with Gasteiger partial charge >= 0.3 is 0 Å². The Bertz CT molecular complexity index is 1810. The number of rotatable bonds is 7. The monoisotopic (exact) mass is 549 g/mol. The first-order valence-corrected chi connectivity index (χ1v) is 13.6. The highest BCUT2D eigenvalue weighted by atomic mass is 32.2. The molecule has 0 saturated heterocycles. The fourth-order valence-corrected chi connectivity index (χ4v) is 5.78. The first kappa shape index (κ1) is 25.7. The minimum atomic E-state index is -0.579. The summed E-state index contributed by atoms with van der Waals surface area (Å²) in [6.07, 6.45) is 1.64. The number of thioether (sulfide) groups is 1. The minimum Gasteiger partial charge on any atom is -0.310 e. The molecule has 0 saturated carbocycles. The third-order valence-electron chi connectivity index (χ3n) is 5.86. The van der Waals surface area contributed by atoms with Crippen molar-refractivity contribution in [3.63, 3.8) is 0 Å². The molecule has 0 unspecified atom stereocenters. The second kappa shape index (κ2) is 10.5. The maximum Gasteiger partial charge on any atom is 0.267 e. The highest BCUT2D eigenvalue weighted by Gasteiger charge is 2.20. The summed E-state index contributed by atoms with van der Waals surface area (Å²) in [4.78, 5) is 31.4. The van der Waals surface area contributed by atoms with Crippen LogP contribution in [0.5, 0.6) is 0 Å². The molecule has 0 fully saturated rings. The van der Waals surface area contributed by atoms with Gasteiger partial charge in [-0.15, -0.1) is 10.2 Å². The number of hydrogen-bond donors (Lipinski definition) is 2. The Balaban J connectivity index is 1.49. The summed E-state index contributed by atoms with van der Waals surface area (Å²) in [6, 6.07) is 11.6. The SMILES string of the molecule is Cc1cccn2c(=O)c3cc(C(=O)Nc4nnc(SCc5ccccc5F)s4)c(=N)n(CC(C)C)c3nc12. The highest BCUT2D eigenvalue weighted by molar-refractivity contribution is 8.00. The van der Waals surface area contributed by atoms with Gasteiger partial charge < -0.3 is 4.57 Å². The number of hydrogen-bond acceptors (Lipinski definition) is 8. The summed E-state index contributed by atoms with van der Waals surface area (Å²) in [5.41, 5.74) is 1.91. The summed E-state index contributed by atoms with van der Waals surface area (Å²) in [5, 5.41) is 20.1. The average molecular weight is 550 g/mol. The lowest BCUT2D eigenvalue weighted by atomic mass is 10.1. The van der Waals surface area contributed by atoms with E-state index in [4.69, 9.17) is 10.4 Å². The summed E-state index contributed by atoms with van der Waals surface area (Å²) in [6.45, 7) is 6.26. The molecule has 0 aliphatic rings. The Hall–Kier alpha value is -3.90. The van der Waals surface area contributed by atoms with Crippen LogP contribution in [0.1, 0.15) is 35.3 Å². The van der Waals surface area contributed by atoms with E-state index in [1.54, 1.807) is 35.0 Å². The van der Waals surface area contributed by atoms with Gasteiger partial charge in [0.1, 0.15) is 22.6 Å². The molecule has 0 aliphatic carbocycles. The molecule has 5 rings (SSSR count). The number of anilines is 1. The summed E-state index contributed by atoms with van der Waals surface area (Å²) >= 11 is 2.46. The van der Waals surface area contributed by atoms with E-state index in [0.29, 0.717) is 33.5 Å². The molecular weight excluding hydrogens is 525 g/mol. The summed E-state index contributed by atoms with van der Waals surface area (Å²) in [7, 11) is 0. The van der Waals surface area contributed by atoms with Crippen LogP contribution in [-0.4, -0.2) is 30.1 Å². The topological polar surface area (TPSA) is 118 Å². The van der Waals surface area contributed by atoms with Gasteiger partial charge in [-0.3, -0.25) is 24.7 Å². The Labute approximate surface area is 224 Å². The molecule has 5 aromatic rings. The van der Waals surface area contributed by atoms with Gasteiger partial charge in [-0.05, 0) is 42.2 Å². The normalized spacial score (nSPS) is 11.5. The van der Waals surface area contributed by atoms with E-state index in [-0.39, 0.29) is 38.9 Å². The standard InChI is InChI=1S/C26H24FN7O2S2/c1-14(2)12-34-20(28)17(11-18-22(34)29-21-15(3)7-6-10-33(21)24(18)36)23(35)30-25-31-32-26(38-25)37-13-16-8-4-5-9-19(16)27/h4-11,14,28H,12-13H2,1-3H3,(H,30,31,35). The molecule has 1 aromatic carbocycles. The first-order valence-electron chi connectivity index (χ1n) is 11.8. The molecule has 2 N–H and O–H groups in total. The number of carbonyl (C=O) groups is 1. The van der Waals surface area contributed by atoms with Crippen molar-refractivity contribution in [3.8, 4) is 0 Å². The van der Waals surface area contributed by atoms with Crippen LogP contribution in [0.4, 0.5) is 9.52 Å². The number of nitrogens with zero attached hydrogens (tertiary/aromatic N) is 5. The molecule has 38 heavy (non-hydrogen) atoms. The lowest BCUT2D eigenvalue weighted by Gasteiger charge is -2.16. The molecule has 194 valence electrons. The van der Waals surface area contributed by atoms with Crippen LogP contribution in [0, 0.1) is 24.1 Å². The van der Waals surface area contributed by atoms with Gasteiger partial charge in [-0.25, -0.2) is 9.37 Å². The quantitative estimate of drug-likeness (QED) is 0.174. The van der Waals surface area contributed by atoms with Crippen molar-refractivity contribution < 1.29 is 9.18 Å². The molecule has 1 amide bonds. The predicted molar refractivity (Wildman–Crippen MR) is 146 cm³/mol. The maximum absolute atomic E-state index is 13.9. The number of aromatic nitrogens is 5. The van der Waals surface area contributed by atoms with E-state index in [1.807, 2.05) is 26.8 Å². The van der Waals surface area contributed by atoms with Gasteiger partial charge in [-0.2, -0.15) is 0 Å². The number of aryl methyl sites for hydroxylation is 1.